The van der Waals surface area contributed by atoms with Crippen molar-refractivity contribution in [1.29, 1.82) is 0 Å². The van der Waals surface area contributed by atoms with Gasteiger partial charge in [-0.25, -0.2) is 9.07 Å². The first-order valence-corrected chi connectivity index (χ1v) is 8.55. The first kappa shape index (κ1) is 15.3. The van der Waals surface area contributed by atoms with E-state index in [1.54, 1.807) is 27.8 Å². The Morgan fingerprint density at radius 2 is 2.08 bits per heavy atom. The van der Waals surface area contributed by atoms with E-state index in [0.717, 1.165) is 43.4 Å². The average molecular weight is 328 g/mol. The number of amides is 1. The van der Waals surface area contributed by atoms with Gasteiger partial charge in [0.05, 0.1) is 0 Å². The summed E-state index contributed by atoms with van der Waals surface area (Å²) in [5.74, 6) is -0.396. The van der Waals surface area contributed by atoms with E-state index >= 15 is 0 Å². The maximum absolute atomic E-state index is 14.2. The molecule has 1 aromatic heterocycles. The van der Waals surface area contributed by atoms with Crippen molar-refractivity contribution in [2.45, 2.75) is 38.1 Å². The molecule has 126 valence electrons. The van der Waals surface area contributed by atoms with Crippen LogP contribution in [0.4, 0.5) is 4.39 Å². The van der Waals surface area contributed by atoms with Gasteiger partial charge in [0, 0.05) is 30.4 Å². The number of halogens is 1. The quantitative estimate of drug-likeness (QED) is 0.918. The fourth-order valence-corrected chi connectivity index (χ4v) is 3.78. The summed E-state index contributed by atoms with van der Waals surface area (Å²) in [6.45, 7) is 1.29. The summed E-state index contributed by atoms with van der Waals surface area (Å²) in [7, 11) is 0. The number of carbonyl (C=O) groups excluding carboxylic acids is 1. The number of rotatable bonds is 2. The van der Waals surface area contributed by atoms with Crippen molar-refractivity contribution in [3.63, 3.8) is 0 Å². The number of fused-ring (bicyclic) bond motifs is 1. The Labute approximate surface area is 140 Å². The van der Waals surface area contributed by atoms with Crippen LogP contribution in [0.1, 0.15) is 41.0 Å². The lowest BCUT2D eigenvalue weighted by Crippen LogP contribution is -2.46. The molecule has 4 rings (SSSR count). The lowest BCUT2D eigenvalue weighted by molar-refractivity contribution is 0.0701. The van der Waals surface area contributed by atoms with Crippen molar-refractivity contribution in [3.05, 3.63) is 47.0 Å². The Morgan fingerprint density at radius 3 is 2.88 bits per heavy atom. The van der Waals surface area contributed by atoms with Crippen molar-refractivity contribution in [3.8, 4) is 5.69 Å². The van der Waals surface area contributed by atoms with Crippen LogP contribution in [0.25, 0.3) is 5.69 Å². The molecule has 2 aliphatic rings. The van der Waals surface area contributed by atoms with Crippen molar-refractivity contribution >= 4 is 5.91 Å². The van der Waals surface area contributed by atoms with Crippen molar-refractivity contribution in [2.75, 3.05) is 13.1 Å². The van der Waals surface area contributed by atoms with Crippen LogP contribution in [0.2, 0.25) is 0 Å². The van der Waals surface area contributed by atoms with Crippen LogP contribution in [0.3, 0.4) is 0 Å². The Kier molecular flexibility index (Phi) is 3.84. The van der Waals surface area contributed by atoms with E-state index in [1.165, 1.54) is 6.07 Å². The predicted octanol–water partition coefficient (Wildman–Crippen LogP) is 2.06. The van der Waals surface area contributed by atoms with Gasteiger partial charge in [-0.15, -0.1) is 0 Å². The number of para-hydroxylation sites is 1. The van der Waals surface area contributed by atoms with Gasteiger partial charge in [0.15, 0.2) is 5.69 Å². The van der Waals surface area contributed by atoms with Crippen molar-refractivity contribution in [1.82, 2.24) is 14.7 Å². The number of nitrogens with zero attached hydrogens (tertiary/aromatic N) is 3. The molecule has 1 aromatic carbocycles. The number of nitrogens with two attached hydrogens (primary N) is 1. The van der Waals surface area contributed by atoms with Gasteiger partial charge in [0.1, 0.15) is 11.5 Å². The summed E-state index contributed by atoms with van der Waals surface area (Å²) >= 11 is 0. The number of carbonyl (C=O) groups is 1. The molecule has 5 nitrogen and oxygen atoms in total. The molecular weight excluding hydrogens is 307 g/mol. The minimum Gasteiger partial charge on any atom is -0.336 e. The first-order valence-electron chi connectivity index (χ1n) is 8.55. The van der Waals surface area contributed by atoms with Gasteiger partial charge in [0.2, 0.25) is 0 Å². The molecule has 1 aliphatic carbocycles. The molecule has 2 heterocycles. The number of likely N-dealkylation sites (tertiary alicyclic amines) is 1. The third-order valence-electron chi connectivity index (χ3n) is 4.96. The largest absolute Gasteiger partial charge is 0.336 e. The number of hydrogen-bond acceptors (Lipinski definition) is 3. The molecule has 1 saturated heterocycles. The number of piperidine rings is 1. The normalized spacial score (nSPS) is 20.2. The maximum atomic E-state index is 14.2. The average Bonchev–Trinajstić information content (AvgIpc) is 3.17. The first-order chi connectivity index (χ1) is 11.6. The second-order valence-corrected chi connectivity index (χ2v) is 6.64. The lowest BCUT2D eigenvalue weighted by atomic mass is 10.1. The molecule has 1 fully saturated rings. The SMILES string of the molecule is NC1CCCN(C(=O)c2nn(-c3ccccc3F)c3c2CCC3)C1. The predicted molar refractivity (Wildman–Crippen MR) is 88.7 cm³/mol. The van der Waals surface area contributed by atoms with Crippen LogP contribution in [0.15, 0.2) is 24.3 Å². The molecule has 0 bridgehead atoms. The van der Waals surface area contributed by atoms with E-state index in [0.29, 0.717) is 24.5 Å². The van der Waals surface area contributed by atoms with Gasteiger partial charge >= 0.3 is 0 Å². The van der Waals surface area contributed by atoms with Gasteiger partial charge in [-0.3, -0.25) is 4.79 Å². The molecule has 1 unspecified atom stereocenters. The molecule has 2 aromatic rings. The van der Waals surface area contributed by atoms with E-state index in [9.17, 15) is 9.18 Å². The second-order valence-electron chi connectivity index (χ2n) is 6.64. The molecule has 0 spiro atoms. The Balaban J connectivity index is 1.74. The fraction of sp³-hybridized carbons (Fsp3) is 0.444. The highest BCUT2D eigenvalue weighted by molar-refractivity contribution is 5.94. The topological polar surface area (TPSA) is 64.2 Å². The van der Waals surface area contributed by atoms with Crippen LogP contribution in [0, 0.1) is 5.82 Å². The monoisotopic (exact) mass is 328 g/mol. The second kappa shape index (κ2) is 6.02. The molecule has 0 radical (unpaired) electrons. The van der Waals surface area contributed by atoms with Gasteiger partial charge in [-0.2, -0.15) is 5.10 Å². The Morgan fingerprint density at radius 1 is 1.25 bits per heavy atom. The van der Waals surface area contributed by atoms with Crippen molar-refractivity contribution in [2.24, 2.45) is 5.73 Å². The van der Waals surface area contributed by atoms with Crippen LogP contribution in [-0.2, 0) is 12.8 Å². The number of benzene rings is 1. The molecule has 6 heteroatoms. The van der Waals surface area contributed by atoms with E-state index < -0.39 is 0 Å². The van der Waals surface area contributed by atoms with Gasteiger partial charge in [-0.1, -0.05) is 12.1 Å². The van der Waals surface area contributed by atoms with Crippen LogP contribution in [-0.4, -0.2) is 39.7 Å². The molecule has 24 heavy (non-hydrogen) atoms. The summed E-state index contributed by atoms with van der Waals surface area (Å²) in [5, 5.41) is 4.51. The zero-order valence-electron chi connectivity index (χ0n) is 13.5. The number of hydrogen-bond donors (Lipinski definition) is 1. The highest BCUT2D eigenvalue weighted by Gasteiger charge is 2.31. The third kappa shape index (κ3) is 2.51. The summed E-state index contributed by atoms with van der Waals surface area (Å²) < 4.78 is 15.8. The number of aromatic nitrogens is 2. The minimum atomic E-state index is -0.325. The summed E-state index contributed by atoms with van der Waals surface area (Å²) in [6.07, 6.45) is 4.49. The molecule has 1 amide bonds. The highest BCUT2D eigenvalue weighted by atomic mass is 19.1. The standard InChI is InChI=1S/C18H21FN4O/c19-14-7-1-2-8-16(14)23-15-9-3-6-13(15)17(21-23)18(24)22-10-4-5-12(20)11-22/h1-2,7-8,12H,3-6,9-11,20H2. The molecular formula is C18H21FN4O. The van der Waals surface area contributed by atoms with E-state index in [4.69, 9.17) is 5.73 Å². The molecule has 0 saturated carbocycles. The van der Waals surface area contributed by atoms with Crippen LogP contribution < -0.4 is 5.73 Å². The molecule has 1 atom stereocenters. The van der Waals surface area contributed by atoms with E-state index in [1.807, 2.05) is 0 Å². The van der Waals surface area contributed by atoms with E-state index in [2.05, 4.69) is 5.10 Å². The fourth-order valence-electron chi connectivity index (χ4n) is 3.78. The zero-order chi connectivity index (χ0) is 16.7. The maximum Gasteiger partial charge on any atom is 0.274 e. The van der Waals surface area contributed by atoms with Crippen LogP contribution in [0.5, 0.6) is 0 Å². The zero-order valence-corrected chi connectivity index (χ0v) is 13.5. The van der Waals surface area contributed by atoms with Crippen molar-refractivity contribution < 1.29 is 9.18 Å². The molecule has 1 aliphatic heterocycles. The Bertz CT molecular complexity index is 785. The smallest absolute Gasteiger partial charge is 0.274 e. The van der Waals surface area contributed by atoms with Crippen LogP contribution >= 0.6 is 0 Å². The summed E-state index contributed by atoms with van der Waals surface area (Å²) in [6, 6.07) is 6.59. The highest BCUT2D eigenvalue weighted by Crippen LogP contribution is 2.29. The van der Waals surface area contributed by atoms with Gasteiger partial charge < -0.3 is 10.6 Å². The summed E-state index contributed by atoms with van der Waals surface area (Å²) in [5.41, 5.74) is 8.82. The Hall–Kier alpha value is -2.21. The minimum absolute atomic E-state index is 0.0319. The van der Waals surface area contributed by atoms with Gasteiger partial charge in [0.25, 0.3) is 5.91 Å². The third-order valence-corrected chi connectivity index (χ3v) is 4.96. The molecule has 2 N–H and O–H groups in total. The van der Waals surface area contributed by atoms with Gasteiger partial charge in [-0.05, 0) is 44.2 Å². The van der Waals surface area contributed by atoms with E-state index in [-0.39, 0.29) is 17.8 Å². The summed E-state index contributed by atoms with van der Waals surface area (Å²) in [4.78, 5) is 14.7. The lowest BCUT2D eigenvalue weighted by Gasteiger charge is -2.30.